The number of rotatable bonds is 7. The number of hydrogen-bond acceptors (Lipinski definition) is 4. The molecular weight excluding hydrogens is 248 g/mol. The summed E-state index contributed by atoms with van der Waals surface area (Å²) in [5.74, 6) is 0.293. The minimum Gasteiger partial charge on any atom is -0.315 e. The first-order valence-corrected chi connectivity index (χ1v) is 8.93. The molecule has 0 radical (unpaired) electrons. The molecule has 1 fully saturated rings. The lowest BCUT2D eigenvalue weighted by molar-refractivity contribution is 0.106. The molecule has 1 heterocycles. The number of likely N-dealkylation sites (tertiary alicyclic amines) is 1. The van der Waals surface area contributed by atoms with Gasteiger partial charge in [-0.25, -0.2) is 8.42 Å². The molecular formula is C13H28N2O2S. The fraction of sp³-hybridized carbons (Fsp3) is 1.00. The van der Waals surface area contributed by atoms with Gasteiger partial charge in [0.15, 0.2) is 0 Å². The van der Waals surface area contributed by atoms with Crippen molar-refractivity contribution in [3.63, 3.8) is 0 Å². The van der Waals surface area contributed by atoms with Crippen molar-refractivity contribution < 1.29 is 8.42 Å². The Morgan fingerprint density at radius 1 is 1.28 bits per heavy atom. The van der Waals surface area contributed by atoms with E-state index in [1.54, 1.807) is 0 Å². The fourth-order valence-corrected chi connectivity index (χ4v) is 3.61. The van der Waals surface area contributed by atoms with E-state index in [1.807, 2.05) is 7.05 Å². The molecule has 0 saturated carbocycles. The fourth-order valence-electron chi connectivity index (χ4n) is 2.91. The Bertz CT molecular complexity index is 346. The molecule has 0 aromatic heterocycles. The van der Waals surface area contributed by atoms with Gasteiger partial charge in [-0.15, -0.1) is 0 Å². The Morgan fingerprint density at radius 2 is 1.83 bits per heavy atom. The minimum absolute atomic E-state index is 0.1000. The van der Waals surface area contributed by atoms with Crippen LogP contribution in [0.4, 0.5) is 0 Å². The van der Waals surface area contributed by atoms with Crippen LogP contribution in [0, 0.1) is 0 Å². The summed E-state index contributed by atoms with van der Waals surface area (Å²) >= 11 is 0. The summed E-state index contributed by atoms with van der Waals surface area (Å²) in [7, 11) is -0.859. The molecule has 0 amide bonds. The molecule has 108 valence electrons. The van der Waals surface area contributed by atoms with E-state index in [4.69, 9.17) is 0 Å². The number of nitrogens with zero attached hydrogens (tertiary/aromatic N) is 1. The quantitative estimate of drug-likeness (QED) is 0.761. The van der Waals surface area contributed by atoms with E-state index >= 15 is 0 Å². The topological polar surface area (TPSA) is 49.4 Å². The number of nitrogens with one attached hydrogen (secondary N) is 1. The molecule has 1 saturated heterocycles. The summed E-state index contributed by atoms with van der Waals surface area (Å²) in [6.45, 7) is 6.86. The van der Waals surface area contributed by atoms with Crippen molar-refractivity contribution in [2.24, 2.45) is 0 Å². The predicted octanol–water partition coefficient (Wildman–Crippen LogP) is 1.27. The van der Waals surface area contributed by atoms with Crippen molar-refractivity contribution in [2.75, 3.05) is 32.1 Å². The van der Waals surface area contributed by atoms with Gasteiger partial charge in [-0.2, -0.15) is 0 Å². The standard InChI is InChI=1S/C13H28N2O2S/c1-13(2,15-9-5-6-10-15)12(14-3)8-7-11-18(4,16)17/h12,14H,5-11H2,1-4H3. The van der Waals surface area contributed by atoms with Gasteiger partial charge in [0.1, 0.15) is 9.84 Å². The largest absolute Gasteiger partial charge is 0.315 e. The van der Waals surface area contributed by atoms with E-state index in [1.165, 1.54) is 19.1 Å². The Hall–Kier alpha value is -0.130. The maximum atomic E-state index is 11.2. The molecule has 1 aliphatic rings. The summed E-state index contributed by atoms with van der Waals surface area (Å²) in [6.07, 6.45) is 5.52. The molecule has 0 bridgehead atoms. The molecule has 1 atom stereocenters. The highest BCUT2D eigenvalue weighted by Crippen LogP contribution is 2.26. The average molecular weight is 276 g/mol. The maximum absolute atomic E-state index is 11.2. The van der Waals surface area contributed by atoms with E-state index in [-0.39, 0.29) is 5.54 Å². The van der Waals surface area contributed by atoms with Crippen LogP contribution in [0.3, 0.4) is 0 Å². The summed E-state index contributed by atoms with van der Waals surface area (Å²) in [4.78, 5) is 2.52. The van der Waals surface area contributed by atoms with Crippen LogP contribution in [0.5, 0.6) is 0 Å². The van der Waals surface area contributed by atoms with Gasteiger partial charge < -0.3 is 5.32 Å². The molecule has 1 N–H and O–H groups in total. The highest BCUT2D eigenvalue weighted by Gasteiger charge is 2.35. The van der Waals surface area contributed by atoms with Gasteiger partial charge in [-0.05, 0) is 59.7 Å². The highest BCUT2D eigenvalue weighted by atomic mass is 32.2. The van der Waals surface area contributed by atoms with Crippen LogP contribution < -0.4 is 5.32 Å². The number of sulfone groups is 1. The first kappa shape index (κ1) is 15.9. The summed E-state index contributed by atoms with van der Waals surface area (Å²) in [6, 6.07) is 0.345. The lowest BCUT2D eigenvalue weighted by atomic mass is 9.89. The van der Waals surface area contributed by atoms with Crippen LogP contribution in [0.1, 0.15) is 39.5 Å². The van der Waals surface area contributed by atoms with E-state index in [0.717, 1.165) is 25.9 Å². The van der Waals surface area contributed by atoms with Crippen LogP contribution in [-0.4, -0.2) is 57.0 Å². The number of hydrogen-bond donors (Lipinski definition) is 1. The molecule has 4 nitrogen and oxygen atoms in total. The van der Waals surface area contributed by atoms with Crippen molar-refractivity contribution in [1.82, 2.24) is 10.2 Å². The lowest BCUT2D eigenvalue weighted by Crippen LogP contribution is -2.56. The third kappa shape index (κ3) is 4.52. The van der Waals surface area contributed by atoms with E-state index in [2.05, 4.69) is 24.1 Å². The highest BCUT2D eigenvalue weighted by molar-refractivity contribution is 7.90. The zero-order valence-electron chi connectivity index (χ0n) is 12.2. The van der Waals surface area contributed by atoms with E-state index in [9.17, 15) is 8.42 Å². The first-order valence-electron chi connectivity index (χ1n) is 6.87. The van der Waals surface area contributed by atoms with E-state index < -0.39 is 9.84 Å². The zero-order chi connectivity index (χ0) is 13.8. The summed E-state index contributed by atoms with van der Waals surface area (Å²) in [5, 5.41) is 3.37. The minimum atomic E-state index is -2.83. The Labute approximate surface area is 112 Å². The molecule has 18 heavy (non-hydrogen) atoms. The molecule has 0 spiro atoms. The van der Waals surface area contributed by atoms with Gasteiger partial charge >= 0.3 is 0 Å². The summed E-state index contributed by atoms with van der Waals surface area (Å²) in [5.41, 5.74) is 0.1000. The Morgan fingerprint density at radius 3 is 2.28 bits per heavy atom. The predicted molar refractivity (Wildman–Crippen MR) is 76.7 cm³/mol. The SMILES string of the molecule is CNC(CCCS(C)(=O)=O)C(C)(C)N1CCCC1. The third-order valence-electron chi connectivity index (χ3n) is 4.13. The van der Waals surface area contributed by atoms with Crippen molar-refractivity contribution in [1.29, 1.82) is 0 Å². The normalized spacial score (nSPS) is 20.2. The molecule has 1 aliphatic heterocycles. The Kier molecular flexibility index (Phi) is 5.62. The smallest absolute Gasteiger partial charge is 0.147 e. The van der Waals surface area contributed by atoms with Crippen LogP contribution >= 0.6 is 0 Å². The second-order valence-electron chi connectivity index (χ2n) is 5.96. The monoisotopic (exact) mass is 276 g/mol. The molecule has 0 aromatic carbocycles. The Balaban J connectivity index is 2.53. The molecule has 0 aliphatic carbocycles. The van der Waals surface area contributed by atoms with Crippen LogP contribution in [0.15, 0.2) is 0 Å². The third-order valence-corrected chi connectivity index (χ3v) is 5.16. The van der Waals surface area contributed by atoms with Crippen molar-refractivity contribution in [2.45, 2.75) is 51.1 Å². The van der Waals surface area contributed by atoms with Gasteiger partial charge in [-0.3, -0.25) is 4.90 Å². The van der Waals surface area contributed by atoms with Gasteiger partial charge in [0.25, 0.3) is 0 Å². The molecule has 5 heteroatoms. The second-order valence-corrected chi connectivity index (χ2v) is 8.22. The lowest BCUT2D eigenvalue weighted by Gasteiger charge is -2.42. The van der Waals surface area contributed by atoms with Crippen LogP contribution in [0.2, 0.25) is 0 Å². The second kappa shape index (κ2) is 6.35. The molecule has 1 rings (SSSR count). The first-order chi connectivity index (χ1) is 8.27. The van der Waals surface area contributed by atoms with Crippen LogP contribution in [0.25, 0.3) is 0 Å². The van der Waals surface area contributed by atoms with Crippen molar-refractivity contribution >= 4 is 9.84 Å². The van der Waals surface area contributed by atoms with Crippen LogP contribution in [-0.2, 0) is 9.84 Å². The van der Waals surface area contributed by atoms with Gasteiger partial charge in [-0.1, -0.05) is 0 Å². The number of likely N-dealkylation sites (N-methyl/N-ethyl adjacent to an activating group) is 1. The van der Waals surface area contributed by atoms with Gasteiger partial charge in [0.2, 0.25) is 0 Å². The van der Waals surface area contributed by atoms with Crippen molar-refractivity contribution in [3.05, 3.63) is 0 Å². The van der Waals surface area contributed by atoms with Gasteiger partial charge in [0.05, 0.1) is 0 Å². The zero-order valence-corrected chi connectivity index (χ0v) is 13.0. The summed E-state index contributed by atoms with van der Waals surface area (Å²) < 4.78 is 22.4. The van der Waals surface area contributed by atoms with Crippen molar-refractivity contribution in [3.8, 4) is 0 Å². The van der Waals surface area contributed by atoms with Gasteiger partial charge in [0, 0.05) is 23.6 Å². The maximum Gasteiger partial charge on any atom is 0.147 e. The average Bonchev–Trinajstić information content (AvgIpc) is 2.76. The molecule has 1 unspecified atom stereocenters. The molecule has 0 aromatic rings. The van der Waals surface area contributed by atoms with E-state index in [0.29, 0.717) is 11.8 Å².